The fraction of sp³-hybridized carbons (Fsp3) is 0.263. The van der Waals surface area contributed by atoms with Gasteiger partial charge in [-0.2, -0.15) is 0 Å². The van der Waals surface area contributed by atoms with Crippen molar-refractivity contribution in [3.63, 3.8) is 0 Å². The van der Waals surface area contributed by atoms with Crippen LogP contribution in [0.4, 0.5) is 8.78 Å². The second-order valence-corrected chi connectivity index (χ2v) is 5.58. The largest absolute Gasteiger partial charge is 0.465 e. The molecule has 1 unspecified atom stereocenters. The first-order chi connectivity index (χ1) is 11.1. The molecule has 1 aliphatic rings. The molecule has 0 N–H and O–H groups in total. The lowest BCUT2D eigenvalue weighted by atomic mass is 9.99. The zero-order valence-electron chi connectivity index (χ0n) is 12.7. The van der Waals surface area contributed by atoms with Crippen LogP contribution in [0.15, 0.2) is 49.0 Å². The monoisotopic (exact) mass is 316 g/mol. The van der Waals surface area contributed by atoms with Crippen LogP contribution in [0, 0.1) is 11.6 Å². The quantitative estimate of drug-likeness (QED) is 0.796. The molecular formula is C19H18F2O2. The second kappa shape index (κ2) is 6.92. The Kier molecular flexibility index (Phi) is 4.72. The van der Waals surface area contributed by atoms with E-state index in [0.29, 0.717) is 16.9 Å². The Bertz CT molecular complexity index is 669. The molecule has 1 fully saturated rings. The van der Waals surface area contributed by atoms with Crippen molar-refractivity contribution in [2.45, 2.75) is 25.6 Å². The van der Waals surface area contributed by atoms with Crippen LogP contribution in [-0.2, 0) is 4.74 Å². The fourth-order valence-corrected chi connectivity index (χ4v) is 2.59. The lowest BCUT2D eigenvalue weighted by molar-refractivity contribution is -0.105. The summed E-state index contributed by atoms with van der Waals surface area (Å²) >= 11 is 0. The summed E-state index contributed by atoms with van der Waals surface area (Å²) in [5.74, 6) is -0.523. The van der Waals surface area contributed by atoms with Crippen LogP contribution in [0.1, 0.15) is 30.4 Å². The topological polar surface area (TPSA) is 18.5 Å². The maximum atomic E-state index is 13.3. The summed E-state index contributed by atoms with van der Waals surface area (Å²) in [4.78, 5) is 0. The van der Waals surface area contributed by atoms with Gasteiger partial charge in [-0.3, -0.25) is 0 Å². The van der Waals surface area contributed by atoms with Gasteiger partial charge in [-0.15, -0.1) is 0 Å². The van der Waals surface area contributed by atoms with Gasteiger partial charge < -0.3 is 9.47 Å². The predicted octanol–water partition coefficient (Wildman–Crippen LogP) is 4.93. The summed E-state index contributed by atoms with van der Waals surface area (Å²) in [5.41, 5.74) is 1.77. The lowest BCUT2D eigenvalue weighted by Gasteiger charge is -2.23. The highest BCUT2D eigenvalue weighted by Gasteiger charge is 2.15. The van der Waals surface area contributed by atoms with E-state index in [9.17, 15) is 8.78 Å². The smallest absolute Gasteiger partial charge is 0.199 e. The van der Waals surface area contributed by atoms with Crippen LogP contribution < -0.4 is 4.74 Å². The molecule has 2 aromatic carbocycles. The number of benzene rings is 2. The maximum absolute atomic E-state index is 13.3. The molecule has 2 nitrogen and oxygen atoms in total. The van der Waals surface area contributed by atoms with E-state index in [2.05, 4.69) is 6.58 Å². The van der Waals surface area contributed by atoms with E-state index in [0.717, 1.165) is 37.5 Å². The van der Waals surface area contributed by atoms with E-state index in [1.54, 1.807) is 0 Å². The highest BCUT2D eigenvalue weighted by Crippen LogP contribution is 2.26. The highest BCUT2D eigenvalue weighted by atomic mass is 19.1. The van der Waals surface area contributed by atoms with Crippen LogP contribution >= 0.6 is 0 Å². The molecule has 0 saturated carbocycles. The Hall–Kier alpha value is -2.20. The molecule has 0 radical (unpaired) electrons. The van der Waals surface area contributed by atoms with Crippen molar-refractivity contribution < 1.29 is 18.3 Å². The van der Waals surface area contributed by atoms with Crippen LogP contribution in [0.2, 0.25) is 0 Å². The predicted molar refractivity (Wildman–Crippen MR) is 85.2 cm³/mol. The normalized spacial score (nSPS) is 17.7. The van der Waals surface area contributed by atoms with Crippen LogP contribution in [0.5, 0.6) is 5.75 Å². The highest BCUT2D eigenvalue weighted by molar-refractivity contribution is 5.78. The van der Waals surface area contributed by atoms with E-state index in [4.69, 9.17) is 9.47 Å². The Balaban J connectivity index is 1.72. The molecule has 0 amide bonds. The van der Waals surface area contributed by atoms with Crippen LogP contribution in [0.3, 0.4) is 0 Å². The molecule has 0 spiro atoms. The van der Waals surface area contributed by atoms with E-state index in [1.165, 1.54) is 12.1 Å². The van der Waals surface area contributed by atoms with Gasteiger partial charge in [-0.1, -0.05) is 18.7 Å². The van der Waals surface area contributed by atoms with Gasteiger partial charge in [-0.25, -0.2) is 8.78 Å². The molecule has 120 valence electrons. The average molecular weight is 316 g/mol. The summed E-state index contributed by atoms with van der Waals surface area (Å²) in [6.07, 6.45) is 2.86. The van der Waals surface area contributed by atoms with E-state index < -0.39 is 11.6 Å². The van der Waals surface area contributed by atoms with Crippen molar-refractivity contribution in [3.05, 3.63) is 71.8 Å². The minimum atomic E-state index is -0.615. The maximum Gasteiger partial charge on any atom is 0.199 e. The average Bonchev–Trinajstić information content (AvgIpc) is 2.55. The van der Waals surface area contributed by atoms with Crippen molar-refractivity contribution >= 4 is 5.57 Å². The Labute approximate surface area is 134 Å². The first kappa shape index (κ1) is 15.7. The van der Waals surface area contributed by atoms with Crippen molar-refractivity contribution in [1.82, 2.24) is 0 Å². The number of hydrogen-bond acceptors (Lipinski definition) is 2. The third kappa shape index (κ3) is 3.96. The molecule has 1 atom stereocenters. The third-order valence-electron chi connectivity index (χ3n) is 3.82. The van der Waals surface area contributed by atoms with Gasteiger partial charge in [0.1, 0.15) is 17.4 Å². The van der Waals surface area contributed by atoms with E-state index in [1.807, 2.05) is 24.3 Å². The van der Waals surface area contributed by atoms with Crippen molar-refractivity contribution in [1.29, 1.82) is 0 Å². The molecule has 1 heterocycles. The summed E-state index contributed by atoms with van der Waals surface area (Å²) < 4.78 is 37.9. The lowest BCUT2D eigenvalue weighted by Crippen LogP contribution is -2.24. The Morgan fingerprint density at radius 2 is 1.70 bits per heavy atom. The van der Waals surface area contributed by atoms with Gasteiger partial charge in [-0.05, 0) is 53.8 Å². The minimum Gasteiger partial charge on any atom is -0.465 e. The molecular weight excluding hydrogens is 298 g/mol. The zero-order valence-corrected chi connectivity index (χ0v) is 12.7. The SMILES string of the molecule is C=C(c1ccc(OC2CCCCO2)cc1)c1cc(F)cc(F)c1. The molecule has 4 heteroatoms. The molecule has 1 saturated heterocycles. The third-order valence-corrected chi connectivity index (χ3v) is 3.82. The Morgan fingerprint density at radius 3 is 2.30 bits per heavy atom. The summed E-state index contributed by atoms with van der Waals surface area (Å²) in [5, 5.41) is 0. The number of ether oxygens (including phenoxy) is 2. The van der Waals surface area contributed by atoms with Crippen molar-refractivity contribution in [3.8, 4) is 5.75 Å². The van der Waals surface area contributed by atoms with E-state index in [-0.39, 0.29) is 6.29 Å². The molecule has 2 aromatic rings. The van der Waals surface area contributed by atoms with Crippen LogP contribution in [0.25, 0.3) is 5.57 Å². The van der Waals surface area contributed by atoms with Gasteiger partial charge in [0, 0.05) is 12.5 Å². The first-order valence-corrected chi connectivity index (χ1v) is 7.66. The minimum absolute atomic E-state index is 0.199. The summed E-state index contributed by atoms with van der Waals surface area (Å²) in [6.45, 7) is 4.65. The molecule has 0 bridgehead atoms. The van der Waals surface area contributed by atoms with Gasteiger partial charge in [0.05, 0.1) is 6.61 Å². The fourth-order valence-electron chi connectivity index (χ4n) is 2.59. The van der Waals surface area contributed by atoms with Crippen molar-refractivity contribution in [2.75, 3.05) is 6.61 Å². The first-order valence-electron chi connectivity index (χ1n) is 7.66. The number of halogens is 2. The van der Waals surface area contributed by atoms with Crippen LogP contribution in [-0.4, -0.2) is 12.9 Å². The van der Waals surface area contributed by atoms with Gasteiger partial charge in [0.15, 0.2) is 6.29 Å². The number of rotatable bonds is 4. The molecule has 0 aliphatic carbocycles. The number of hydrogen-bond donors (Lipinski definition) is 0. The Morgan fingerprint density at radius 1 is 1.00 bits per heavy atom. The molecule has 0 aromatic heterocycles. The molecule has 1 aliphatic heterocycles. The summed E-state index contributed by atoms with van der Waals surface area (Å²) in [7, 11) is 0. The summed E-state index contributed by atoms with van der Waals surface area (Å²) in [6, 6.07) is 10.7. The van der Waals surface area contributed by atoms with Gasteiger partial charge >= 0.3 is 0 Å². The van der Waals surface area contributed by atoms with Gasteiger partial charge in [0.2, 0.25) is 0 Å². The van der Waals surface area contributed by atoms with E-state index >= 15 is 0 Å². The molecule has 23 heavy (non-hydrogen) atoms. The second-order valence-electron chi connectivity index (χ2n) is 5.58. The van der Waals surface area contributed by atoms with Crippen molar-refractivity contribution in [2.24, 2.45) is 0 Å². The molecule has 3 rings (SSSR count). The zero-order chi connectivity index (χ0) is 16.2. The standard InChI is InChI=1S/C19H18F2O2/c1-13(15-10-16(20)12-17(21)11-15)14-5-7-18(8-6-14)23-19-4-2-3-9-22-19/h5-8,10-12,19H,1-4,9H2. The van der Waals surface area contributed by atoms with Gasteiger partial charge in [0.25, 0.3) is 0 Å².